The molecule has 3 rings (SSSR count). The maximum atomic E-state index is 12.8. The zero-order chi connectivity index (χ0) is 17.1. The van der Waals surface area contributed by atoms with Crippen molar-refractivity contribution in [3.63, 3.8) is 0 Å². The summed E-state index contributed by atoms with van der Waals surface area (Å²) in [4.78, 5) is 18.1. The van der Waals surface area contributed by atoms with Crippen LogP contribution in [0.4, 0.5) is 5.69 Å². The van der Waals surface area contributed by atoms with E-state index in [1.54, 1.807) is 11.3 Å². The molecule has 1 N–H and O–H groups in total. The van der Waals surface area contributed by atoms with E-state index in [1.165, 1.54) is 22.5 Å². The van der Waals surface area contributed by atoms with Gasteiger partial charge >= 0.3 is 0 Å². The Morgan fingerprint density at radius 1 is 1.17 bits per heavy atom. The van der Waals surface area contributed by atoms with E-state index >= 15 is 0 Å². The van der Waals surface area contributed by atoms with Crippen LogP contribution in [0.5, 0.6) is 0 Å². The Bertz CT molecular complexity index is 828. The average molecular weight is 357 g/mol. The predicted octanol–water partition coefficient (Wildman–Crippen LogP) is 5.56. The number of carbonyl (C=O) groups excluding carboxylic acids is 1. The Morgan fingerprint density at radius 3 is 2.46 bits per heavy atom. The zero-order valence-electron chi connectivity index (χ0n) is 14.1. The largest absolute Gasteiger partial charge is 0.321 e. The van der Waals surface area contributed by atoms with Crippen molar-refractivity contribution >= 4 is 34.3 Å². The van der Waals surface area contributed by atoms with E-state index in [0.29, 0.717) is 4.88 Å². The fourth-order valence-electron chi connectivity index (χ4n) is 2.69. The summed E-state index contributed by atoms with van der Waals surface area (Å²) in [6.45, 7) is 6.11. The topological polar surface area (TPSA) is 42.0 Å². The first-order chi connectivity index (χ1) is 11.6. The van der Waals surface area contributed by atoms with E-state index in [4.69, 9.17) is 0 Å². The van der Waals surface area contributed by atoms with Gasteiger partial charge in [-0.05, 0) is 42.3 Å². The number of rotatable bonds is 5. The first kappa shape index (κ1) is 16.9. The highest BCUT2D eigenvalue weighted by molar-refractivity contribution is 7.17. The molecule has 0 radical (unpaired) electrons. The monoisotopic (exact) mass is 356 g/mol. The SMILES string of the molecule is CCc1cccc(CC)c1NC(=O)c1sc(-c2ccsc2)nc1C. The molecule has 2 aromatic heterocycles. The van der Waals surface area contributed by atoms with E-state index in [9.17, 15) is 4.79 Å². The predicted molar refractivity (Wildman–Crippen MR) is 103 cm³/mol. The number of thiophene rings is 1. The normalized spacial score (nSPS) is 10.8. The fourth-order valence-corrected chi connectivity index (χ4v) is 4.36. The molecular weight excluding hydrogens is 336 g/mol. The van der Waals surface area contributed by atoms with Crippen LogP contribution in [0.2, 0.25) is 0 Å². The second-order valence-electron chi connectivity index (χ2n) is 5.56. The number of carbonyl (C=O) groups is 1. The summed E-state index contributed by atoms with van der Waals surface area (Å²) in [5.74, 6) is -0.0675. The first-order valence-electron chi connectivity index (χ1n) is 8.06. The molecule has 0 spiro atoms. The summed E-state index contributed by atoms with van der Waals surface area (Å²) in [5.41, 5.74) is 5.16. The third kappa shape index (κ3) is 3.28. The maximum Gasteiger partial charge on any atom is 0.267 e. The van der Waals surface area contributed by atoms with Crippen molar-refractivity contribution in [2.45, 2.75) is 33.6 Å². The van der Waals surface area contributed by atoms with E-state index in [2.05, 4.69) is 47.7 Å². The third-order valence-corrected chi connectivity index (χ3v) is 5.90. The summed E-state index contributed by atoms with van der Waals surface area (Å²) in [7, 11) is 0. The van der Waals surface area contributed by atoms with E-state index < -0.39 is 0 Å². The Labute approximate surface area is 150 Å². The first-order valence-corrected chi connectivity index (χ1v) is 9.82. The number of nitrogens with zero attached hydrogens (tertiary/aromatic N) is 1. The molecule has 0 aliphatic carbocycles. The van der Waals surface area contributed by atoms with Gasteiger partial charge in [0, 0.05) is 16.6 Å². The van der Waals surface area contributed by atoms with Gasteiger partial charge in [0.05, 0.1) is 5.69 Å². The smallest absolute Gasteiger partial charge is 0.267 e. The number of thiazole rings is 1. The second-order valence-corrected chi connectivity index (χ2v) is 7.34. The lowest BCUT2D eigenvalue weighted by Gasteiger charge is -2.14. The van der Waals surface area contributed by atoms with Crippen molar-refractivity contribution in [1.82, 2.24) is 4.98 Å². The molecule has 2 heterocycles. The molecule has 3 aromatic rings. The Morgan fingerprint density at radius 2 is 1.88 bits per heavy atom. The lowest BCUT2D eigenvalue weighted by atomic mass is 10.0. The zero-order valence-corrected chi connectivity index (χ0v) is 15.7. The number of hydrogen-bond donors (Lipinski definition) is 1. The Kier molecular flexibility index (Phi) is 5.11. The van der Waals surface area contributed by atoms with Gasteiger partial charge in [0.1, 0.15) is 9.88 Å². The number of benzene rings is 1. The van der Waals surface area contributed by atoms with Gasteiger partial charge < -0.3 is 5.32 Å². The number of hydrogen-bond acceptors (Lipinski definition) is 4. The minimum absolute atomic E-state index is 0.0675. The standard InChI is InChI=1S/C19H20N2OS2/c1-4-13-7-6-8-14(5-2)16(13)21-18(22)17-12(3)20-19(24-17)15-9-10-23-11-15/h6-11H,4-5H2,1-3H3,(H,21,22). The van der Waals surface area contributed by atoms with Crippen LogP contribution in [0.25, 0.3) is 10.6 Å². The van der Waals surface area contributed by atoms with Gasteiger partial charge in [-0.25, -0.2) is 4.98 Å². The summed E-state index contributed by atoms with van der Waals surface area (Å²) in [6, 6.07) is 8.24. The molecule has 0 fully saturated rings. The Hall–Kier alpha value is -1.98. The number of aromatic nitrogens is 1. The molecule has 0 aliphatic heterocycles. The van der Waals surface area contributed by atoms with Gasteiger partial charge in [-0.3, -0.25) is 4.79 Å². The molecule has 0 aliphatic rings. The van der Waals surface area contributed by atoms with Crippen molar-refractivity contribution < 1.29 is 4.79 Å². The number of anilines is 1. The highest BCUT2D eigenvalue weighted by Gasteiger charge is 2.18. The van der Waals surface area contributed by atoms with Crippen LogP contribution < -0.4 is 5.32 Å². The van der Waals surface area contributed by atoms with Crippen molar-refractivity contribution in [1.29, 1.82) is 0 Å². The molecular formula is C19H20N2OS2. The number of amides is 1. The average Bonchev–Trinajstić information content (AvgIpc) is 3.24. The molecule has 3 nitrogen and oxygen atoms in total. The second kappa shape index (κ2) is 7.28. The fraction of sp³-hybridized carbons (Fsp3) is 0.263. The molecule has 1 aromatic carbocycles. The van der Waals surface area contributed by atoms with Crippen molar-refractivity contribution in [2.75, 3.05) is 5.32 Å². The summed E-state index contributed by atoms with van der Waals surface area (Å²) >= 11 is 3.09. The van der Waals surface area contributed by atoms with Crippen LogP contribution in [0.3, 0.4) is 0 Å². The van der Waals surface area contributed by atoms with Gasteiger partial charge in [0.25, 0.3) is 5.91 Å². The highest BCUT2D eigenvalue weighted by Crippen LogP contribution is 2.31. The van der Waals surface area contributed by atoms with Gasteiger partial charge in [-0.1, -0.05) is 32.0 Å². The molecule has 1 amide bonds. The minimum atomic E-state index is -0.0675. The Balaban J connectivity index is 1.91. The lowest BCUT2D eigenvalue weighted by molar-refractivity contribution is 0.102. The summed E-state index contributed by atoms with van der Waals surface area (Å²) in [6.07, 6.45) is 1.79. The quantitative estimate of drug-likeness (QED) is 0.650. The van der Waals surface area contributed by atoms with Crippen molar-refractivity contribution in [3.8, 4) is 10.6 Å². The van der Waals surface area contributed by atoms with E-state index in [0.717, 1.165) is 34.8 Å². The molecule has 0 atom stereocenters. The van der Waals surface area contributed by atoms with E-state index in [1.807, 2.05) is 18.4 Å². The highest BCUT2D eigenvalue weighted by atomic mass is 32.1. The molecule has 5 heteroatoms. The van der Waals surface area contributed by atoms with Crippen molar-refractivity contribution in [3.05, 3.63) is 56.7 Å². The number of nitrogens with one attached hydrogen (secondary N) is 1. The molecule has 0 saturated heterocycles. The molecule has 0 unspecified atom stereocenters. The maximum absolute atomic E-state index is 12.8. The lowest BCUT2D eigenvalue weighted by Crippen LogP contribution is -2.14. The third-order valence-electron chi connectivity index (χ3n) is 4.01. The summed E-state index contributed by atoms with van der Waals surface area (Å²) < 4.78 is 0. The molecule has 24 heavy (non-hydrogen) atoms. The minimum Gasteiger partial charge on any atom is -0.321 e. The van der Waals surface area contributed by atoms with Crippen LogP contribution in [-0.2, 0) is 12.8 Å². The van der Waals surface area contributed by atoms with Crippen molar-refractivity contribution in [2.24, 2.45) is 0 Å². The van der Waals surface area contributed by atoms with Crippen LogP contribution in [0, 0.1) is 6.92 Å². The van der Waals surface area contributed by atoms with Crippen LogP contribution in [-0.4, -0.2) is 10.9 Å². The van der Waals surface area contributed by atoms with Gasteiger partial charge in [0.2, 0.25) is 0 Å². The number of para-hydroxylation sites is 1. The van der Waals surface area contributed by atoms with Crippen LogP contribution >= 0.6 is 22.7 Å². The molecule has 124 valence electrons. The van der Waals surface area contributed by atoms with Gasteiger partial charge in [-0.2, -0.15) is 11.3 Å². The molecule has 0 saturated carbocycles. The van der Waals surface area contributed by atoms with E-state index in [-0.39, 0.29) is 5.91 Å². The van der Waals surface area contributed by atoms with Gasteiger partial charge in [-0.15, -0.1) is 11.3 Å². The number of aryl methyl sites for hydroxylation is 3. The molecule has 0 bridgehead atoms. The van der Waals surface area contributed by atoms with Crippen LogP contribution in [0.1, 0.15) is 40.3 Å². The van der Waals surface area contributed by atoms with Gasteiger partial charge in [0.15, 0.2) is 0 Å². The summed E-state index contributed by atoms with van der Waals surface area (Å²) in [5, 5.41) is 8.11. The van der Waals surface area contributed by atoms with Crippen LogP contribution in [0.15, 0.2) is 35.0 Å².